The molecule has 1 amide bonds. The Bertz CT molecular complexity index is 639. The smallest absolute Gasteiger partial charge is 0.231 e. The summed E-state index contributed by atoms with van der Waals surface area (Å²) in [4.78, 5) is 16.6. The molecule has 0 bridgehead atoms. The van der Waals surface area contributed by atoms with Crippen LogP contribution in [0.1, 0.15) is 13.8 Å². The molecular formula is C15H18ClN3OS. The maximum absolute atomic E-state index is 12.1. The Morgan fingerprint density at radius 1 is 1.43 bits per heavy atom. The fourth-order valence-corrected chi connectivity index (χ4v) is 2.44. The summed E-state index contributed by atoms with van der Waals surface area (Å²) in [6.45, 7) is 3.64. The number of thiazole rings is 1. The minimum atomic E-state index is -0.600. The van der Waals surface area contributed by atoms with E-state index in [1.54, 1.807) is 11.3 Å². The Kier molecular flexibility index (Phi) is 4.85. The molecule has 2 rings (SSSR count). The van der Waals surface area contributed by atoms with Crippen LogP contribution in [-0.4, -0.2) is 23.8 Å². The first kappa shape index (κ1) is 15.8. The number of nitrogens with zero attached hydrogens (tertiary/aromatic N) is 1. The van der Waals surface area contributed by atoms with Crippen molar-refractivity contribution in [3.8, 4) is 11.3 Å². The first-order valence-corrected chi connectivity index (χ1v) is 7.99. The molecule has 0 spiro atoms. The van der Waals surface area contributed by atoms with Crippen molar-refractivity contribution in [1.82, 2.24) is 4.98 Å². The minimum Gasteiger partial charge on any atom is -0.365 e. The lowest BCUT2D eigenvalue weighted by molar-refractivity contribution is -0.122. The summed E-state index contributed by atoms with van der Waals surface area (Å²) in [5.74, 6) is 0.180. The molecule has 0 aliphatic carbocycles. The molecule has 21 heavy (non-hydrogen) atoms. The monoisotopic (exact) mass is 323 g/mol. The quantitative estimate of drug-likeness (QED) is 0.816. The van der Waals surface area contributed by atoms with Crippen LogP contribution in [-0.2, 0) is 4.79 Å². The van der Waals surface area contributed by atoms with E-state index in [0.29, 0.717) is 0 Å². The Labute approximate surface area is 133 Å². The number of alkyl halides is 1. The van der Waals surface area contributed by atoms with Crippen molar-refractivity contribution in [2.75, 3.05) is 23.6 Å². The number of nitrogens with one attached hydrogen (secondary N) is 2. The van der Waals surface area contributed by atoms with Crippen molar-refractivity contribution in [1.29, 1.82) is 0 Å². The van der Waals surface area contributed by atoms with Crippen LogP contribution in [0.4, 0.5) is 10.8 Å². The number of carbonyl (C=O) groups excluding carboxylic acids is 1. The maximum Gasteiger partial charge on any atom is 0.231 e. The number of anilines is 2. The van der Waals surface area contributed by atoms with Gasteiger partial charge in [-0.3, -0.25) is 4.79 Å². The Balaban J connectivity index is 2.20. The van der Waals surface area contributed by atoms with E-state index in [9.17, 15) is 4.79 Å². The third-order valence-corrected chi connectivity index (χ3v) is 4.61. The standard InChI is InChI=1S/C15H18ClN3OS/c1-15(2,9-16)13(20)18-11-6-4-5-10(7-11)12-8-21-14(17-3)19-12/h4-8H,9H2,1-3H3,(H,17,19)(H,18,20). The molecule has 2 N–H and O–H groups in total. The third kappa shape index (κ3) is 3.74. The van der Waals surface area contributed by atoms with Gasteiger partial charge in [0.15, 0.2) is 5.13 Å². The predicted molar refractivity (Wildman–Crippen MR) is 90.2 cm³/mol. The van der Waals surface area contributed by atoms with E-state index in [1.165, 1.54) is 0 Å². The molecule has 0 radical (unpaired) electrons. The summed E-state index contributed by atoms with van der Waals surface area (Å²) >= 11 is 7.37. The first-order chi connectivity index (χ1) is 9.96. The van der Waals surface area contributed by atoms with Crippen LogP contribution in [0, 0.1) is 5.41 Å². The fourth-order valence-electron chi connectivity index (χ4n) is 1.64. The van der Waals surface area contributed by atoms with Gasteiger partial charge in [0.1, 0.15) is 0 Å². The number of benzene rings is 1. The lowest BCUT2D eigenvalue weighted by Crippen LogP contribution is -2.32. The van der Waals surface area contributed by atoms with E-state index >= 15 is 0 Å². The van der Waals surface area contributed by atoms with Crippen LogP contribution in [0.2, 0.25) is 0 Å². The van der Waals surface area contributed by atoms with Crippen LogP contribution in [0.15, 0.2) is 29.6 Å². The molecule has 112 valence electrons. The fraction of sp³-hybridized carbons (Fsp3) is 0.333. The molecule has 0 atom stereocenters. The summed E-state index contributed by atoms with van der Waals surface area (Å²) in [5.41, 5.74) is 2.00. The van der Waals surface area contributed by atoms with Gasteiger partial charge in [-0.25, -0.2) is 4.98 Å². The highest BCUT2D eigenvalue weighted by Crippen LogP contribution is 2.27. The minimum absolute atomic E-state index is 0.0937. The topological polar surface area (TPSA) is 54.0 Å². The molecular weight excluding hydrogens is 306 g/mol. The molecule has 0 aliphatic heterocycles. The molecule has 0 saturated carbocycles. The van der Waals surface area contributed by atoms with Crippen molar-refractivity contribution < 1.29 is 4.79 Å². The normalized spacial score (nSPS) is 11.2. The van der Waals surface area contributed by atoms with E-state index in [0.717, 1.165) is 22.1 Å². The molecule has 0 saturated heterocycles. The van der Waals surface area contributed by atoms with Gasteiger partial charge in [-0.1, -0.05) is 12.1 Å². The second-order valence-electron chi connectivity index (χ2n) is 5.34. The molecule has 0 aliphatic rings. The predicted octanol–water partition coefficient (Wildman–Crippen LogP) is 4.06. The van der Waals surface area contributed by atoms with Crippen molar-refractivity contribution in [2.24, 2.45) is 5.41 Å². The molecule has 1 aromatic heterocycles. The molecule has 0 unspecified atom stereocenters. The van der Waals surface area contributed by atoms with E-state index in [2.05, 4.69) is 15.6 Å². The van der Waals surface area contributed by atoms with E-state index in [-0.39, 0.29) is 11.8 Å². The van der Waals surface area contributed by atoms with Crippen molar-refractivity contribution in [3.63, 3.8) is 0 Å². The number of hydrogen-bond donors (Lipinski definition) is 2. The van der Waals surface area contributed by atoms with Gasteiger partial charge in [-0.05, 0) is 26.0 Å². The zero-order chi connectivity index (χ0) is 15.5. The second-order valence-corrected chi connectivity index (χ2v) is 6.47. The first-order valence-electron chi connectivity index (χ1n) is 6.57. The van der Waals surface area contributed by atoms with Crippen LogP contribution in [0.5, 0.6) is 0 Å². The van der Waals surface area contributed by atoms with Gasteiger partial charge in [0.05, 0.1) is 11.1 Å². The lowest BCUT2D eigenvalue weighted by atomic mass is 9.95. The number of hydrogen-bond acceptors (Lipinski definition) is 4. The zero-order valence-electron chi connectivity index (χ0n) is 12.2. The molecule has 2 aromatic rings. The molecule has 1 heterocycles. The number of rotatable bonds is 5. The van der Waals surface area contributed by atoms with Crippen molar-refractivity contribution in [2.45, 2.75) is 13.8 Å². The summed E-state index contributed by atoms with van der Waals surface area (Å²) < 4.78 is 0. The van der Waals surface area contributed by atoms with E-state index in [1.807, 2.05) is 50.5 Å². The summed E-state index contributed by atoms with van der Waals surface area (Å²) in [6.07, 6.45) is 0. The molecule has 0 fully saturated rings. The van der Waals surface area contributed by atoms with Gasteiger partial charge in [-0.15, -0.1) is 22.9 Å². The summed E-state index contributed by atoms with van der Waals surface area (Å²) in [6, 6.07) is 7.64. The van der Waals surface area contributed by atoms with Crippen molar-refractivity contribution in [3.05, 3.63) is 29.6 Å². The van der Waals surface area contributed by atoms with Crippen LogP contribution >= 0.6 is 22.9 Å². The van der Waals surface area contributed by atoms with Gasteiger partial charge in [0.25, 0.3) is 0 Å². The van der Waals surface area contributed by atoms with Gasteiger partial charge in [0, 0.05) is 29.6 Å². The lowest BCUT2D eigenvalue weighted by Gasteiger charge is -2.20. The van der Waals surface area contributed by atoms with E-state index < -0.39 is 5.41 Å². The molecule has 6 heteroatoms. The number of amides is 1. The van der Waals surface area contributed by atoms with Crippen LogP contribution < -0.4 is 10.6 Å². The van der Waals surface area contributed by atoms with Crippen LogP contribution in [0.3, 0.4) is 0 Å². The maximum atomic E-state index is 12.1. The van der Waals surface area contributed by atoms with Crippen LogP contribution in [0.25, 0.3) is 11.3 Å². The Morgan fingerprint density at radius 2 is 2.19 bits per heavy atom. The zero-order valence-corrected chi connectivity index (χ0v) is 13.8. The Morgan fingerprint density at radius 3 is 2.81 bits per heavy atom. The highest BCUT2D eigenvalue weighted by molar-refractivity contribution is 7.14. The Hall–Kier alpha value is -1.59. The van der Waals surface area contributed by atoms with Gasteiger partial charge in [0.2, 0.25) is 5.91 Å². The number of halogens is 1. The van der Waals surface area contributed by atoms with Crippen molar-refractivity contribution >= 4 is 39.7 Å². The highest BCUT2D eigenvalue weighted by Gasteiger charge is 2.26. The molecule has 4 nitrogen and oxygen atoms in total. The van der Waals surface area contributed by atoms with E-state index in [4.69, 9.17) is 11.6 Å². The van der Waals surface area contributed by atoms with Gasteiger partial charge >= 0.3 is 0 Å². The largest absolute Gasteiger partial charge is 0.365 e. The van der Waals surface area contributed by atoms with Gasteiger partial charge < -0.3 is 10.6 Å². The average Bonchev–Trinajstić information content (AvgIpc) is 2.96. The summed E-state index contributed by atoms with van der Waals surface area (Å²) in [7, 11) is 1.84. The van der Waals surface area contributed by atoms with Gasteiger partial charge in [-0.2, -0.15) is 0 Å². The second kappa shape index (κ2) is 6.45. The highest BCUT2D eigenvalue weighted by atomic mass is 35.5. The summed E-state index contributed by atoms with van der Waals surface area (Å²) in [5, 5.41) is 8.76. The average molecular weight is 324 g/mol. The number of aromatic nitrogens is 1. The number of carbonyl (C=O) groups is 1. The molecule has 1 aromatic carbocycles. The SMILES string of the molecule is CNc1nc(-c2cccc(NC(=O)C(C)(C)CCl)c2)cs1. The third-order valence-electron chi connectivity index (χ3n) is 3.08.